The van der Waals surface area contributed by atoms with E-state index in [1.54, 1.807) is 33.0 Å². The Kier molecular flexibility index (Phi) is 6.64. The molecule has 12 atom stereocenters. The second-order valence-corrected chi connectivity index (χ2v) is 26.8. The van der Waals surface area contributed by atoms with Gasteiger partial charge >= 0.3 is 5.69 Å². The van der Waals surface area contributed by atoms with Crippen molar-refractivity contribution in [2.24, 2.45) is 71.0 Å². The van der Waals surface area contributed by atoms with Crippen LogP contribution in [-0.4, -0.2) is 26.8 Å². The zero-order valence-electron chi connectivity index (χ0n) is 39.3. The van der Waals surface area contributed by atoms with E-state index in [0.29, 0.717) is 59.2 Å². The third-order valence-electron chi connectivity index (χ3n) is 22.7. The van der Waals surface area contributed by atoms with E-state index >= 15 is 4.79 Å². The maximum absolute atomic E-state index is 16.9. The molecule has 6 saturated carbocycles. The molecule has 0 spiro atoms. The highest BCUT2D eigenvalue weighted by atomic mass is 16.5. The average Bonchev–Trinajstić information content (AvgIpc) is 3.64. The van der Waals surface area contributed by atoms with Crippen molar-refractivity contribution in [2.75, 3.05) is 0 Å². The van der Waals surface area contributed by atoms with Crippen molar-refractivity contribution < 1.29 is 9.47 Å². The van der Waals surface area contributed by atoms with Crippen molar-refractivity contribution in [2.45, 2.75) is 167 Å². The molecule has 7 heterocycles. The summed E-state index contributed by atoms with van der Waals surface area (Å²) in [6.45, 7) is 10.5. The van der Waals surface area contributed by atoms with Gasteiger partial charge in [0.25, 0.3) is 13.4 Å². The fraction of sp³-hybridized carbons (Fsp3) is 0.667. The molecule has 1 aromatic carbocycles. The Hall–Kier alpha value is -3.54. The van der Waals surface area contributed by atoms with Gasteiger partial charge in [0, 0.05) is 40.9 Å². The van der Waals surface area contributed by atoms with E-state index < -0.39 is 0 Å². The van der Waals surface area contributed by atoms with E-state index in [2.05, 4.69) is 47.1 Å². The molecular weight excluding hydrogens is 796 g/mol. The summed E-state index contributed by atoms with van der Waals surface area (Å²) in [6.07, 6.45) is 23.4. The summed E-state index contributed by atoms with van der Waals surface area (Å²) in [7, 11) is 0. The Labute approximate surface area is 384 Å². The summed E-state index contributed by atoms with van der Waals surface area (Å²) < 4.78 is 23.3. The first-order valence-corrected chi connectivity index (χ1v) is 27.7. The summed E-state index contributed by atoms with van der Waals surface area (Å²) in [5.41, 5.74) is 19.6. The lowest BCUT2D eigenvalue weighted by atomic mass is 9.27. The minimum absolute atomic E-state index is 0.154. The van der Waals surface area contributed by atoms with Crippen molar-refractivity contribution in [1.82, 2.24) is 13.4 Å². The number of hydrogen-bond donors (Lipinski definition) is 0. The molecule has 6 fully saturated rings. The third kappa shape index (κ3) is 4.25. The van der Waals surface area contributed by atoms with Crippen LogP contribution in [0.15, 0.2) is 33.3 Å². The minimum Gasteiger partial charge on any atom is -0.463 e. The number of aromatic nitrogens is 3. The van der Waals surface area contributed by atoms with Crippen LogP contribution in [0.25, 0.3) is 17.0 Å². The lowest BCUT2D eigenvalue weighted by Gasteiger charge is -2.44. The summed E-state index contributed by atoms with van der Waals surface area (Å²) in [6, 6.07) is 2.49. The molecule has 12 bridgehead atoms. The Balaban J connectivity index is 1.05. The predicted molar refractivity (Wildman–Crippen MR) is 258 cm³/mol. The second kappa shape index (κ2) is 11.8. The molecule has 0 N–H and O–H groups in total. The molecule has 4 aromatic rings. The van der Waals surface area contributed by atoms with Crippen LogP contribution in [-0.2, 0) is 0 Å². The molecule has 3 aromatic heterocycles. The van der Waals surface area contributed by atoms with Crippen molar-refractivity contribution in [3.63, 3.8) is 0 Å². The average molecular weight is 862 g/mol. The molecule has 6 nitrogen and oxygen atoms in total. The van der Waals surface area contributed by atoms with Gasteiger partial charge in [0.05, 0.1) is 11.5 Å². The number of rotatable bonds is 0. The van der Waals surface area contributed by atoms with Gasteiger partial charge in [-0.3, -0.25) is 13.4 Å². The molecule has 0 amide bonds. The van der Waals surface area contributed by atoms with Gasteiger partial charge in [-0.25, -0.2) is 4.79 Å². The zero-order valence-corrected chi connectivity index (χ0v) is 39.3. The largest absolute Gasteiger partial charge is 0.463 e. The van der Waals surface area contributed by atoms with Crippen LogP contribution in [0.4, 0.5) is 0 Å². The molecule has 8 heteroatoms. The number of nitrogens with zero attached hydrogens (tertiary/aromatic N) is 3. The van der Waals surface area contributed by atoms with E-state index in [-0.39, 0.29) is 19.1 Å². The van der Waals surface area contributed by atoms with Crippen LogP contribution in [0.2, 0.25) is 0 Å². The van der Waals surface area contributed by atoms with Crippen LogP contribution in [0.5, 0.6) is 11.5 Å². The SMILES string of the molecule is CC1CC2CC(C)c3c(c4c5n6c7c(c8c(n7c(=O)n35)C3CC(C)CC(CC8C)C3)B3C5=C(Oc7cc8c(c-6c73)B4C3=C(O8)C4CC6CC(C4)CC3C6)C3CC4CC(C3)CC5C4)C(C1)C2. The van der Waals surface area contributed by atoms with Gasteiger partial charge < -0.3 is 9.47 Å². The van der Waals surface area contributed by atoms with Gasteiger partial charge in [-0.1, -0.05) is 27.7 Å². The predicted octanol–water partition coefficient (Wildman–Crippen LogP) is 9.53. The summed E-state index contributed by atoms with van der Waals surface area (Å²) >= 11 is 0. The van der Waals surface area contributed by atoms with Gasteiger partial charge in [0.15, 0.2) is 0 Å². The first kappa shape index (κ1) is 36.5. The molecule has 0 radical (unpaired) electrons. The molecule has 12 aliphatic carbocycles. The van der Waals surface area contributed by atoms with E-state index in [1.807, 2.05) is 0 Å². The minimum atomic E-state index is 0.154. The molecule has 12 unspecified atom stereocenters. The maximum atomic E-state index is 16.9. The first-order valence-electron chi connectivity index (χ1n) is 27.7. The topological polar surface area (TPSA) is 49.3 Å². The van der Waals surface area contributed by atoms with Gasteiger partial charge in [0.1, 0.15) is 22.8 Å². The zero-order chi connectivity index (χ0) is 42.4. The summed E-state index contributed by atoms with van der Waals surface area (Å²) in [5.74, 6) is 14.9. The van der Waals surface area contributed by atoms with Crippen LogP contribution in [0.3, 0.4) is 0 Å². The molecule has 332 valence electrons. The van der Waals surface area contributed by atoms with Crippen molar-refractivity contribution >= 4 is 46.6 Å². The lowest BCUT2D eigenvalue weighted by Crippen LogP contribution is -2.63. The Morgan fingerprint density at radius 2 is 0.923 bits per heavy atom. The summed E-state index contributed by atoms with van der Waals surface area (Å²) in [5, 5.41) is 0. The molecule has 0 saturated heterocycles. The number of benzene rings is 1. The van der Waals surface area contributed by atoms with Gasteiger partial charge in [0.2, 0.25) is 0 Å². The smallest absolute Gasteiger partial charge is 0.340 e. The molecule has 65 heavy (non-hydrogen) atoms. The normalized spacial score (nSPS) is 42.1. The van der Waals surface area contributed by atoms with Crippen LogP contribution < -0.4 is 37.0 Å². The Morgan fingerprint density at radius 3 is 1.51 bits per heavy atom. The standard InChI is InChI=1S/C57H65B2N3O3/c1-24-5-29-10-27(4)50-43(34(7-24)13-29)49-56-60-52-46-40(23-41-47(52)59(49)45-36-16-32-12-33(17-36)22-39(21-32)54(45)65-41)64-53-38-19-30-11-31(20-38)15-35(14-30)44(53)58(46)48-42-26(3)9-28-6-25(2)8-37(18-28)51(42)62(55(48)60)57(63)61(50)56/h23-39H,5-22H2,1-4H3. The van der Waals surface area contributed by atoms with E-state index in [1.165, 1.54) is 166 Å². The van der Waals surface area contributed by atoms with Crippen molar-refractivity contribution in [3.8, 4) is 17.2 Å². The van der Waals surface area contributed by atoms with Crippen LogP contribution >= 0.6 is 0 Å². The number of hydrogen-bond acceptors (Lipinski definition) is 3. The second-order valence-electron chi connectivity index (χ2n) is 26.8. The van der Waals surface area contributed by atoms with E-state index in [0.717, 1.165) is 47.0 Å². The molecular formula is C57H65B2N3O3. The first-order chi connectivity index (χ1) is 31.7. The lowest BCUT2D eigenvalue weighted by molar-refractivity contribution is 0.128. The maximum Gasteiger partial charge on any atom is 0.340 e. The summed E-state index contributed by atoms with van der Waals surface area (Å²) in [4.78, 5) is 16.9. The van der Waals surface area contributed by atoms with Crippen molar-refractivity contribution in [1.29, 1.82) is 0 Å². The number of fused-ring (bicyclic) bond motifs is 14. The van der Waals surface area contributed by atoms with Gasteiger partial charge in [-0.05, 0) is 236 Å². The van der Waals surface area contributed by atoms with Crippen LogP contribution in [0.1, 0.15) is 189 Å². The van der Waals surface area contributed by atoms with Gasteiger partial charge in [-0.2, -0.15) is 0 Å². The van der Waals surface area contributed by atoms with E-state index in [4.69, 9.17) is 9.47 Å². The highest BCUT2D eigenvalue weighted by Crippen LogP contribution is 2.60. The third-order valence-corrected chi connectivity index (χ3v) is 22.7. The Bertz CT molecular complexity index is 3060. The molecule has 16 aliphatic rings. The molecule has 4 aliphatic heterocycles. The van der Waals surface area contributed by atoms with Gasteiger partial charge in [-0.15, -0.1) is 0 Å². The quantitative estimate of drug-likeness (QED) is 0.166. The Morgan fingerprint density at radius 1 is 0.462 bits per heavy atom. The number of ether oxygens (including phenoxy) is 2. The monoisotopic (exact) mass is 862 g/mol. The van der Waals surface area contributed by atoms with Crippen molar-refractivity contribution in [3.05, 3.63) is 61.5 Å². The molecule has 20 rings (SSSR count). The highest BCUT2D eigenvalue weighted by molar-refractivity contribution is 6.98. The van der Waals surface area contributed by atoms with E-state index in [9.17, 15) is 0 Å². The fourth-order valence-corrected chi connectivity index (χ4v) is 21.8. The highest BCUT2D eigenvalue weighted by Gasteiger charge is 2.60. The number of allylic oxidation sites excluding steroid dienone is 4. The van der Waals surface area contributed by atoms with Crippen LogP contribution in [0, 0.1) is 71.0 Å². The fourth-order valence-electron chi connectivity index (χ4n) is 21.8.